The van der Waals surface area contributed by atoms with Crippen LogP contribution in [0.1, 0.15) is 75.2 Å². The molecule has 1 fully saturated rings. The fourth-order valence-electron chi connectivity index (χ4n) is 2.73. The van der Waals surface area contributed by atoms with Crippen LogP contribution < -0.4 is 0 Å². The molecule has 6 nitrogen and oxygen atoms in total. The van der Waals surface area contributed by atoms with E-state index in [0.29, 0.717) is 5.54 Å². The van der Waals surface area contributed by atoms with Gasteiger partial charge in [-0.2, -0.15) is 0 Å². The Balaban J connectivity index is 0.000000569. The molecule has 0 atom stereocenters. The first-order chi connectivity index (χ1) is 12.3. The molecule has 1 aliphatic carbocycles. The minimum atomic E-state index is -2.69. The van der Waals surface area contributed by atoms with Crippen LogP contribution in [0.15, 0.2) is 0 Å². The van der Waals surface area contributed by atoms with E-state index in [4.69, 9.17) is 26.6 Å². The fraction of sp³-hybridized carbons (Fsp3) is 1.00. The summed E-state index contributed by atoms with van der Waals surface area (Å²) in [5.74, 6) is 0. The average molecular weight is 425 g/mol. The molecule has 0 saturated heterocycles. The monoisotopic (exact) mass is 424 g/mol. The zero-order valence-corrected chi connectivity index (χ0v) is 21.7. The van der Waals surface area contributed by atoms with Crippen LogP contribution in [-0.4, -0.2) is 57.3 Å². The summed E-state index contributed by atoms with van der Waals surface area (Å²) in [5.41, 5.74) is 0.562. The van der Waals surface area contributed by atoms with Crippen LogP contribution in [0.5, 0.6) is 0 Å². The van der Waals surface area contributed by atoms with Crippen molar-refractivity contribution < 1.29 is 26.6 Å². The molecule has 1 saturated carbocycles. The van der Waals surface area contributed by atoms with Crippen LogP contribution in [0.4, 0.5) is 0 Å². The maximum Gasteiger partial charge on any atom is 0.507 e. The van der Waals surface area contributed by atoms with E-state index >= 15 is 0 Å². The Labute approximate surface area is 169 Å². The van der Waals surface area contributed by atoms with Gasteiger partial charge in [0.2, 0.25) is 0 Å². The minimum Gasteiger partial charge on any atom is -0.377 e. The molecular formula is C19H44O6Si2. The van der Waals surface area contributed by atoms with Crippen molar-refractivity contribution in [3.8, 4) is 0 Å². The van der Waals surface area contributed by atoms with Crippen molar-refractivity contribution in [3.05, 3.63) is 0 Å². The predicted octanol–water partition coefficient (Wildman–Crippen LogP) is 5.03. The van der Waals surface area contributed by atoms with Crippen LogP contribution in [0.3, 0.4) is 0 Å². The Morgan fingerprint density at radius 1 is 0.667 bits per heavy atom. The summed E-state index contributed by atoms with van der Waals surface area (Å²) in [6.45, 7) is 18.6. The van der Waals surface area contributed by atoms with Gasteiger partial charge in [0, 0.05) is 50.2 Å². The Morgan fingerprint density at radius 3 is 1.07 bits per heavy atom. The highest BCUT2D eigenvalue weighted by atomic mass is 28.4. The summed E-state index contributed by atoms with van der Waals surface area (Å²) in [6.07, 6.45) is 2.72. The first-order valence-corrected chi connectivity index (χ1v) is 13.5. The Morgan fingerprint density at radius 2 is 0.963 bits per heavy atom. The van der Waals surface area contributed by atoms with Crippen molar-refractivity contribution in [3.63, 3.8) is 0 Å². The molecule has 0 aliphatic heterocycles. The zero-order valence-electron chi connectivity index (χ0n) is 19.7. The van der Waals surface area contributed by atoms with Gasteiger partial charge in [-0.1, -0.05) is 20.8 Å². The highest BCUT2D eigenvalue weighted by Gasteiger charge is 2.55. The molecule has 1 aliphatic rings. The molecule has 0 radical (unpaired) electrons. The van der Waals surface area contributed by atoms with E-state index in [2.05, 4.69) is 20.8 Å². The summed E-state index contributed by atoms with van der Waals surface area (Å²) in [5, 5.41) is -0.119. The third-order valence-corrected chi connectivity index (χ3v) is 11.5. The van der Waals surface area contributed by atoms with Crippen molar-refractivity contribution in [2.45, 2.75) is 104 Å². The van der Waals surface area contributed by atoms with Crippen LogP contribution >= 0.6 is 0 Å². The van der Waals surface area contributed by atoms with Crippen molar-refractivity contribution in [2.24, 2.45) is 0 Å². The SMILES string of the molecule is CC(C)O[Si](OC(C)C)(OC(C)C)C(C)(C)C.CO[Si](OC)(OC)C1CC1. The average Bonchev–Trinajstić information content (AvgIpc) is 3.32. The van der Waals surface area contributed by atoms with Gasteiger partial charge >= 0.3 is 17.6 Å². The summed E-state index contributed by atoms with van der Waals surface area (Å²) in [6, 6.07) is 0. The Kier molecular flexibility index (Phi) is 11.5. The van der Waals surface area contributed by atoms with Crippen molar-refractivity contribution in [2.75, 3.05) is 21.3 Å². The quantitative estimate of drug-likeness (QED) is 0.459. The second-order valence-electron chi connectivity index (χ2n) is 8.80. The molecular weight excluding hydrogens is 380 g/mol. The third kappa shape index (κ3) is 8.61. The highest BCUT2D eigenvalue weighted by Crippen LogP contribution is 2.45. The van der Waals surface area contributed by atoms with Crippen molar-refractivity contribution in [1.82, 2.24) is 0 Å². The molecule has 0 aromatic heterocycles. The lowest BCUT2D eigenvalue weighted by atomic mass is 10.3. The molecule has 0 bridgehead atoms. The lowest BCUT2D eigenvalue weighted by molar-refractivity contribution is -0.0129. The number of rotatable bonds is 10. The van der Waals surface area contributed by atoms with Crippen molar-refractivity contribution >= 4 is 17.6 Å². The molecule has 0 spiro atoms. The molecule has 0 amide bonds. The molecule has 0 aromatic rings. The molecule has 0 N–H and O–H groups in total. The van der Waals surface area contributed by atoms with Crippen LogP contribution in [-0.2, 0) is 26.6 Å². The van der Waals surface area contributed by atoms with E-state index in [0.717, 1.165) is 0 Å². The van der Waals surface area contributed by atoms with E-state index in [1.54, 1.807) is 21.3 Å². The van der Waals surface area contributed by atoms with Crippen molar-refractivity contribution in [1.29, 1.82) is 0 Å². The van der Waals surface area contributed by atoms with Gasteiger partial charge < -0.3 is 26.6 Å². The molecule has 8 heteroatoms. The number of hydrogen-bond acceptors (Lipinski definition) is 6. The molecule has 0 heterocycles. The smallest absolute Gasteiger partial charge is 0.377 e. The molecule has 1 rings (SSSR count). The molecule has 0 aromatic carbocycles. The van der Waals surface area contributed by atoms with Crippen LogP contribution in [0.2, 0.25) is 10.6 Å². The van der Waals surface area contributed by atoms with Gasteiger partial charge in [0.05, 0.1) is 0 Å². The topological polar surface area (TPSA) is 55.4 Å². The van der Waals surface area contributed by atoms with E-state index < -0.39 is 17.6 Å². The lowest BCUT2D eigenvalue weighted by Gasteiger charge is -2.42. The summed E-state index contributed by atoms with van der Waals surface area (Å²) >= 11 is 0. The number of hydrogen-bond donors (Lipinski definition) is 0. The van der Waals surface area contributed by atoms with Gasteiger partial charge in [0.1, 0.15) is 0 Å². The molecule has 164 valence electrons. The second kappa shape index (κ2) is 11.4. The Bertz CT molecular complexity index is 367. The van der Waals surface area contributed by atoms with E-state index in [1.807, 2.05) is 41.5 Å². The van der Waals surface area contributed by atoms with Crippen LogP contribution in [0.25, 0.3) is 0 Å². The zero-order chi connectivity index (χ0) is 21.5. The Hall–Kier alpha value is 0.194. The maximum atomic E-state index is 6.12. The van der Waals surface area contributed by atoms with E-state index in [9.17, 15) is 0 Å². The van der Waals surface area contributed by atoms with Gasteiger partial charge in [-0.25, -0.2) is 0 Å². The first-order valence-electron chi connectivity index (χ1n) is 9.98. The van der Waals surface area contributed by atoms with Gasteiger partial charge in [-0.15, -0.1) is 0 Å². The van der Waals surface area contributed by atoms with Gasteiger partial charge in [0.15, 0.2) is 0 Å². The summed E-state index contributed by atoms with van der Waals surface area (Å²) in [4.78, 5) is 0. The summed E-state index contributed by atoms with van der Waals surface area (Å²) in [7, 11) is 0.123. The third-order valence-electron chi connectivity index (χ3n) is 4.02. The first kappa shape index (κ1) is 27.2. The van der Waals surface area contributed by atoms with Gasteiger partial charge in [-0.3, -0.25) is 0 Å². The van der Waals surface area contributed by atoms with E-state index in [1.165, 1.54) is 12.8 Å². The predicted molar refractivity (Wildman–Crippen MR) is 114 cm³/mol. The lowest BCUT2D eigenvalue weighted by Crippen LogP contribution is -2.57. The highest BCUT2D eigenvalue weighted by molar-refractivity contribution is 6.64. The molecule has 27 heavy (non-hydrogen) atoms. The standard InChI is InChI=1S/C13H30O3Si.C6H14O3Si/c1-10(2)14-17(13(7,8)9,15-11(3)4)16-12(5)6;1-7-10(8-2,9-3)6-4-5-6/h10-12H,1-9H3;6H,4-5H2,1-3H3. The largest absolute Gasteiger partial charge is 0.507 e. The van der Waals surface area contributed by atoms with E-state index in [-0.39, 0.29) is 23.4 Å². The maximum absolute atomic E-state index is 6.12. The summed E-state index contributed by atoms with van der Waals surface area (Å²) < 4.78 is 34.1. The fourth-order valence-corrected chi connectivity index (χ4v) is 8.19. The van der Waals surface area contributed by atoms with Gasteiger partial charge in [0.25, 0.3) is 0 Å². The second-order valence-corrected chi connectivity index (χ2v) is 15.4. The van der Waals surface area contributed by atoms with Gasteiger partial charge in [-0.05, 0) is 54.4 Å². The van der Waals surface area contributed by atoms with Crippen LogP contribution in [0, 0.1) is 0 Å². The minimum absolute atomic E-state index is 0.110. The normalized spacial score (nSPS) is 16.1. The molecule has 0 unspecified atom stereocenters.